The van der Waals surface area contributed by atoms with Gasteiger partial charge in [0, 0.05) is 24.3 Å². The lowest BCUT2D eigenvalue weighted by Gasteiger charge is -2.11. The van der Waals surface area contributed by atoms with Crippen LogP contribution in [0.25, 0.3) is 0 Å². The highest BCUT2D eigenvalue weighted by atomic mass is 19.4. The maximum absolute atomic E-state index is 13.0. The van der Waals surface area contributed by atoms with Gasteiger partial charge in [0.25, 0.3) is 17.3 Å². The standard InChI is InChI=1S/C25H16F3N3O8/c26-25(27,28)15-2-1-3-20(10-15)38-22-12-16(11-18(13-22)31(35)36)29-24(32)23-9-8-21(39-23)14-37-19-6-4-17(5-7-19)30(33)34/h1-13H,14H2,(H,29,32). The van der Waals surface area contributed by atoms with Crippen LogP contribution in [0, 0.1) is 20.2 Å². The van der Waals surface area contributed by atoms with Crippen molar-refractivity contribution in [1.82, 2.24) is 0 Å². The molecule has 0 aliphatic carbocycles. The van der Waals surface area contributed by atoms with Gasteiger partial charge >= 0.3 is 6.18 Å². The SMILES string of the molecule is O=C(Nc1cc(Oc2cccc(C(F)(F)F)c2)cc([N+](=O)[O-])c1)c1ccc(COc2ccc([N+](=O)[O-])cc2)o1. The molecule has 0 atom stereocenters. The van der Waals surface area contributed by atoms with Crippen LogP contribution in [0.1, 0.15) is 21.9 Å². The molecule has 0 radical (unpaired) electrons. The third-order valence-electron chi connectivity index (χ3n) is 5.07. The molecular weight excluding hydrogens is 527 g/mol. The van der Waals surface area contributed by atoms with E-state index in [0.717, 1.165) is 30.3 Å². The van der Waals surface area contributed by atoms with Gasteiger partial charge in [-0.3, -0.25) is 25.0 Å². The molecule has 0 saturated carbocycles. The van der Waals surface area contributed by atoms with Crippen molar-refractivity contribution in [1.29, 1.82) is 0 Å². The van der Waals surface area contributed by atoms with Gasteiger partial charge in [0.15, 0.2) is 5.76 Å². The maximum atomic E-state index is 13.0. The number of alkyl halides is 3. The summed E-state index contributed by atoms with van der Waals surface area (Å²) >= 11 is 0. The number of non-ortho nitro benzene ring substituents is 2. The number of furan rings is 1. The zero-order valence-corrected chi connectivity index (χ0v) is 19.5. The Morgan fingerprint density at radius 3 is 2.23 bits per heavy atom. The summed E-state index contributed by atoms with van der Waals surface area (Å²) in [5, 5.41) is 24.5. The number of ether oxygens (including phenoxy) is 2. The molecule has 3 aromatic carbocycles. The third kappa shape index (κ3) is 6.88. The molecule has 0 aliphatic heterocycles. The lowest BCUT2D eigenvalue weighted by Crippen LogP contribution is -2.11. The van der Waals surface area contributed by atoms with E-state index in [1.807, 2.05) is 0 Å². The number of benzene rings is 3. The van der Waals surface area contributed by atoms with Crippen LogP contribution in [-0.2, 0) is 12.8 Å². The number of rotatable bonds is 9. The first-order valence-electron chi connectivity index (χ1n) is 10.9. The first-order valence-corrected chi connectivity index (χ1v) is 10.9. The van der Waals surface area contributed by atoms with Crippen LogP contribution in [0.4, 0.5) is 30.2 Å². The molecule has 0 aliphatic rings. The number of nitro benzene ring substituents is 2. The highest BCUT2D eigenvalue weighted by Crippen LogP contribution is 2.34. The number of nitro groups is 2. The van der Waals surface area contributed by atoms with Crippen molar-refractivity contribution in [3.05, 3.63) is 116 Å². The number of carbonyl (C=O) groups excluding carboxylic acids is 1. The minimum atomic E-state index is -4.62. The lowest BCUT2D eigenvalue weighted by molar-refractivity contribution is -0.385. The molecular formula is C25H16F3N3O8. The molecule has 14 heteroatoms. The fourth-order valence-corrected chi connectivity index (χ4v) is 3.28. The van der Waals surface area contributed by atoms with E-state index in [2.05, 4.69) is 5.32 Å². The first kappa shape index (κ1) is 26.7. The summed E-state index contributed by atoms with van der Waals surface area (Å²) in [7, 11) is 0. The molecule has 0 saturated heterocycles. The summed E-state index contributed by atoms with van der Waals surface area (Å²) in [6, 6.07) is 15.3. The summed E-state index contributed by atoms with van der Waals surface area (Å²) in [4.78, 5) is 33.4. The van der Waals surface area contributed by atoms with Crippen LogP contribution in [-0.4, -0.2) is 15.8 Å². The number of amides is 1. The fourth-order valence-electron chi connectivity index (χ4n) is 3.28. The maximum Gasteiger partial charge on any atom is 0.416 e. The molecule has 1 N–H and O–H groups in total. The van der Waals surface area contributed by atoms with Gasteiger partial charge in [0.2, 0.25) is 0 Å². The van der Waals surface area contributed by atoms with Gasteiger partial charge in [0.05, 0.1) is 27.2 Å². The van der Waals surface area contributed by atoms with Crippen LogP contribution >= 0.6 is 0 Å². The number of hydrogen-bond acceptors (Lipinski definition) is 8. The van der Waals surface area contributed by atoms with Crippen molar-refractivity contribution in [2.45, 2.75) is 12.8 Å². The average molecular weight is 543 g/mol. The Balaban J connectivity index is 1.45. The highest BCUT2D eigenvalue weighted by Gasteiger charge is 2.30. The Kier molecular flexibility index (Phi) is 7.46. The van der Waals surface area contributed by atoms with E-state index in [9.17, 15) is 38.2 Å². The second-order valence-electron chi connectivity index (χ2n) is 7.86. The highest BCUT2D eigenvalue weighted by molar-refractivity contribution is 6.02. The largest absolute Gasteiger partial charge is 0.486 e. The summed E-state index contributed by atoms with van der Waals surface area (Å²) in [5.41, 5.74) is -1.63. The van der Waals surface area contributed by atoms with Gasteiger partial charge in [0.1, 0.15) is 29.6 Å². The Hall–Kier alpha value is -5.40. The topological polar surface area (TPSA) is 147 Å². The second kappa shape index (κ2) is 10.9. The van der Waals surface area contributed by atoms with E-state index >= 15 is 0 Å². The minimum absolute atomic E-state index is 0.0729. The predicted molar refractivity (Wildman–Crippen MR) is 129 cm³/mol. The first-order chi connectivity index (χ1) is 18.5. The van der Waals surface area contributed by atoms with Crippen molar-refractivity contribution in [2.75, 3.05) is 5.32 Å². The zero-order valence-electron chi connectivity index (χ0n) is 19.5. The Bertz CT molecular complexity index is 1530. The van der Waals surface area contributed by atoms with Gasteiger partial charge in [-0.2, -0.15) is 13.2 Å². The molecule has 0 bridgehead atoms. The quantitative estimate of drug-likeness (QED) is 0.180. The molecule has 4 aromatic rings. The van der Waals surface area contributed by atoms with E-state index in [1.54, 1.807) is 0 Å². The number of anilines is 1. The average Bonchev–Trinajstić information content (AvgIpc) is 3.36. The van der Waals surface area contributed by atoms with Crippen molar-refractivity contribution in [3.63, 3.8) is 0 Å². The van der Waals surface area contributed by atoms with Crippen molar-refractivity contribution in [2.24, 2.45) is 0 Å². The van der Waals surface area contributed by atoms with Crippen LogP contribution in [0.2, 0.25) is 0 Å². The van der Waals surface area contributed by atoms with E-state index < -0.39 is 33.2 Å². The van der Waals surface area contributed by atoms with Crippen molar-refractivity contribution in [3.8, 4) is 17.2 Å². The monoisotopic (exact) mass is 543 g/mol. The minimum Gasteiger partial charge on any atom is -0.486 e. The van der Waals surface area contributed by atoms with Gasteiger partial charge in [-0.15, -0.1) is 0 Å². The second-order valence-corrected chi connectivity index (χ2v) is 7.86. The number of nitrogens with one attached hydrogen (secondary N) is 1. The molecule has 1 amide bonds. The molecule has 1 heterocycles. The summed E-state index contributed by atoms with van der Waals surface area (Å²) in [5.74, 6) is -0.771. The molecule has 0 fully saturated rings. The molecule has 200 valence electrons. The van der Waals surface area contributed by atoms with E-state index in [1.165, 1.54) is 48.5 Å². The van der Waals surface area contributed by atoms with Gasteiger partial charge in [-0.1, -0.05) is 6.07 Å². The van der Waals surface area contributed by atoms with Crippen molar-refractivity contribution < 1.29 is 41.7 Å². The molecule has 11 nitrogen and oxygen atoms in total. The number of nitrogens with zero attached hydrogens (tertiary/aromatic N) is 2. The molecule has 4 rings (SSSR count). The fraction of sp³-hybridized carbons (Fsp3) is 0.0800. The summed E-state index contributed by atoms with van der Waals surface area (Å²) in [6.45, 7) is -0.100. The van der Waals surface area contributed by atoms with Gasteiger partial charge < -0.3 is 19.2 Å². The Morgan fingerprint density at radius 2 is 1.56 bits per heavy atom. The molecule has 0 unspecified atom stereocenters. The Labute approximate surface area is 216 Å². The molecule has 0 spiro atoms. The number of carbonyl (C=O) groups is 1. The number of halogens is 3. The van der Waals surface area contributed by atoms with E-state index in [0.29, 0.717) is 5.75 Å². The van der Waals surface area contributed by atoms with Crippen LogP contribution in [0.3, 0.4) is 0 Å². The normalized spacial score (nSPS) is 11.1. The lowest BCUT2D eigenvalue weighted by atomic mass is 10.2. The van der Waals surface area contributed by atoms with Crippen molar-refractivity contribution >= 4 is 23.0 Å². The van der Waals surface area contributed by atoms with Crippen LogP contribution in [0.15, 0.2) is 83.3 Å². The van der Waals surface area contributed by atoms with Crippen LogP contribution in [0.5, 0.6) is 17.2 Å². The Morgan fingerprint density at radius 1 is 0.846 bits per heavy atom. The summed E-state index contributed by atoms with van der Waals surface area (Å²) < 4.78 is 55.3. The number of hydrogen-bond donors (Lipinski definition) is 1. The zero-order chi connectivity index (χ0) is 28.2. The summed E-state index contributed by atoms with van der Waals surface area (Å²) in [6.07, 6.45) is -4.62. The molecule has 39 heavy (non-hydrogen) atoms. The third-order valence-corrected chi connectivity index (χ3v) is 5.07. The predicted octanol–water partition coefficient (Wildman–Crippen LogP) is 6.74. The smallest absolute Gasteiger partial charge is 0.416 e. The van der Waals surface area contributed by atoms with E-state index in [-0.39, 0.29) is 41.0 Å². The van der Waals surface area contributed by atoms with E-state index in [4.69, 9.17) is 13.9 Å². The van der Waals surface area contributed by atoms with Crippen LogP contribution < -0.4 is 14.8 Å². The van der Waals surface area contributed by atoms with Gasteiger partial charge in [-0.05, 0) is 42.5 Å². The van der Waals surface area contributed by atoms with Gasteiger partial charge in [-0.25, -0.2) is 0 Å². The molecule has 1 aromatic heterocycles.